The molecule has 1 atom stereocenters. The second kappa shape index (κ2) is 8.78. The molecule has 0 saturated heterocycles. The molecule has 0 radical (unpaired) electrons. The van der Waals surface area contributed by atoms with Crippen molar-refractivity contribution < 1.29 is 14.1 Å². The lowest BCUT2D eigenvalue weighted by molar-refractivity contribution is -0.138. The van der Waals surface area contributed by atoms with E-state index in [1.165, 1.54) is 5.56 Å². The monoisotopic (exact) mass is 413 g/mol. The molecule has 6 nitrogen and oxygen atoms in total. The Bertz CT molecular complexity index is 927. The van der Waals surface area contributed by atoms with Crippen LogP contribution in [0, 0.1) is 0 Å². The molecule has 1 unspecified atom stereocenters. The minimum atomic E-state index is -0.569. The van der Waals surface area contributed by atoms with Crippen molar-refractivity contribution in [1.82, 2.24) is 15.0 Å². The molecule has 0 aliphatic rings. The van der Waals surface area contributed by atoms with Crippen LogP contribution in [0.5, 0.6) is 5.75 Å². The maximum absolute atomic E-state index is 12.9. The molecule has 0 spiro atoms. The predicted octanol–water partition coefficient (Wildman–Crippen LogP) is 4.91. The topological polar surface area (TPSA) is 68.5 Å². The molecule has 1 amide bonds. The first-order valence-electron chi connectivity index (χ1n) is 9.66. The van der Waals surface area contributed by atoms with Crippen LogP contribution < -0.4 is 4.74 Å². The van der Waals surface area contributed by atoms with Crippen molar-refractivity contribution in [3.8, 4) is 16.5 Å². The van der Waals surface area contributed by atoms with Gasteiger partial charge in [-0.1, -0.05) is 51.1 Å². The van der Waals surface area contributed by atoms with Gasteiger partial charge in [-0.15, -0.1) is 11.3 Å². The van der Waals surface area contributed by atoms with Crippen LogP contribution in [0.15, 0.2) is 46.3 Å². The number of carbonyl (C=O) groups is 1. The Morgan fingerprint density at radius 1 is 1.24 bits per heavy atom. The molecule has 0 N–H and O–H groups in total. The molecular weight excluding hydrogens is 386 g/mol. The SMILES string of the molecule is CCC(Oc1ccc(C(C)(C)C)cc1)C(=O)N(C)Cc1nc(-c2cccs2)no1. The van der Waals surface area contributed by atoms with Crippen LogP contribution in [0.4, 0.5) is 0 Å². The summed E-state index contributed by atoms with van der Waals surface area (Å²) in [6, 6.07) is 11.8. The van der Waals surface area contributed by atoms with E-state index in [4.69, 9.17) is 9.26 Å². The van der Waals surface area contributed by atoms with Gasteiger partial charge in [-0.25, -0.2) is 0 Å². The highest BCUT2D eigenvalue weighted by molar-refractivity contribution is 7.13. The first kappa shape index (κ1) is 21.0. The number of thiophene rings is 1. The van der Waals surface area contributed by atoms with Gasteiger partial charge in [0.2, 0.25) is 11.7 Å². The van der Waals surface area contributed by atoms with Crippen LogP contribution in [-0.2, 0) is 16.8 Å². The van der Waals surface area contributed by atoms with Crippen LogP contribution in [0.25, 0.3) is 10.7 Å². The van der Waals surface area contributed by atoms with E-state index < -0.39 is 6.10 Å². The zero-order valence-corrected chi connectivity index (χ0v) is 18.3. The first-order chi connectivity index (χ1) is 13.8. The summed E-state index contributed by atoms with van der Waals surface area (Å²) in [7, 11) is 1.71. The van der Waals surface area contributed by atoms with E-state index in [1.807, 2.05) is 48.7 Å². The summed E-state index contributed by atoms with van der Waals surface area (Å²) in [6.07, 6.45) is -0.00532. The fourth-order valence-electron chi connectivity index (χ4n) is 2.86. The Kier molecular flexibility index (Phi) is 6.37. The lowest BCUT2D eigenvalue weighted by Crippen LogP contribution is -2.39. The number of aromatic nitrogens is 2. The number of hydrogen-bond donors (Lipinski definition) is 0. The van der Waals surface area contributed by atoms with Crippen LogP contribution in [0.3, 0.4) is 0 Å². The highest BCUT2D eigenvalue weighted by Crippen LogP contribution is 2.25. The maximum Gasteiger partial charge on any atom is 0.263 e. The van der Waals surface area contributed by atoms with Gasteiger partial charge in [-0.2, -0.15) is 4.98 Å². The second-order valence-corrected chi connectivity index (χ2v) is 8.92. The van der Waals surface area contributed by atoms with Crippen LogP contribution in [0.1, 0.15) is 45.6 Å². The predicted molar refractivity (Wildman–Crippen MR) is 114 cm³/mol. The molecule has 3 rings (SSSR count). The summed E-state index contributed by atoms with van der Waals surface area (Å²) >= 11 is 1.54. The zero-order valence-electron chi connectivity index (χ0n) is 17.5. The molecule has 29 heavy (non-hydrogen) atoms. The molecule has 0 bridgehead atoms. The smallest absolute Gasteiger partial charge is 0.263 e. The summed E-state index contributed by atoms with van der Waals surface area (Å²) in [5.74, 6) is 1.50. The van der Waals surface area contributed by atoms with E-state index in [1.54, 1.807) is 23.3 Å². The Balaban J connectivity index is 1.62. The molecule has 1 aromatic carbocycles. The van der Waals surface area contributed by atoms with Crippen molar-refractivity contribution >= 4 is 17.2 Å². The fraction of sp³-hybridized carbons (Fsp3) is 0.409. The highest BCUT2D eigenvalue weighted by Gasteiger charge is 2.24. The molecule has 2 heterocycles. The number of carbonyl (C=O) groups excluding carboxylic acids is 1. The highest BCUT2D eigenvalue weighted by atomic mass is 32.1. The number of likely N-dealkylation sites (N-methyl/N-ethyl adjacent to an activating group) is 1. The third-order valence-corrected chi connectivity index (χ3v) is 5.47. The maximum atomic E-state index is 12.9. The van der Waals surface area contributed by atoms with Crippen LogP contribution in [-0.4, -0.2) is 34.1 Å². The minimum absolute atomic E-state index is 0.0742. The quantitative estimate of drug-likeness (QED) is 0.550. The van der Waals surface area contributed by atoms with E-state index >= 15 is 0 Å². The lowest BCUT2D eigenvalue weighted by atomic mass is 9.87. The zero-order chi connectivity index (χ0) is 21.0. The van der Waals surface area contributed by atoms with Gasteiger partial charge < -0.3 is 14.2 Å². The van der Waals surface area contributed by atoms with Gasteiger partial charge in [0, 0.05) is 7.05 Å². The number of rotatable bonds is 7. The average Bonchev–Trinajstić information content (AvgIpc) is 3.37. The third kappa shape index (κ3) is 5.23. The van der Waals surface area contributed by atoms with Crippen molar-refractivity contribution in [3.63, 3.8) is 0 Å². The number of ether oxygens (including phenoxy) is 1. The molecular formula is C22H27N3O3S. The van der Waals surface area contributed by atoms with E-state index in [2.05, 4.69) is 30.9 Å². The fourth-order valence-corrected chi connectivity index (χ4v) is 3.51. The molecule has 2 aromatic heterocycles. The molecule has 7 heteroatoms. The number of hydrogen-bond acceptors (Lipinski definition) is 6. The van der Waals surface area contributed by atoms with E-state index in [-0.39, 0.29) is 17.9 Å². The van der Waals surface area contributed by atoms with Gasteiger partial charge >= 0.3 is 0 Å². The number of benzene rings is 1. The van der Waals surface area contributed by atoms with E-state index in [9.17, 15) is 4.79 Å². The Morgan fingerprint density at radius 3 is 2.55 bits per heavy atom. The van der Waals surface area contributed by atoms with E-state index in [0.29, 0.717) is 23.9 Å². The van der Waals surface area contributed by atoms with Crippen LogP contribution in [0.2, 0.25) is 0 Å². The van der Waals surface area contributed by atoms with Gasteiger partial charge in [0.1, 0.15) is 5.75 Å². The van der Waals surface area contributed by atoms with Crippen molar-refractivity contribution in [2.45, 2.75) is 52.2 Å². The second-order valence-electron chi connectivity index (χ2n) is 7.97. The summed E-state index contributed by atoms with van der Waals surface area (Å²) in [5.41, 5.74) is 1.30. The van der Waals surface area contributed by atoms with Gasteiger partial charge in [-0.05, 0) is 41.0 Å². The molecule has 154 valence electrons. The van der Waals surface area contributed by atoms with Gasteiger partial charge in [0.25, 0.3) is 5.91 Å². The van der Waals surface area contributed by atoms with Crippen molar-refractivity contribution in [1.29, 1.82) is 0 Å². The summed E-state index contributed by atoms with van der Waals surface area (Å²) in [4.78, 5) is 19.7. The Hall–Kier alpha value is -2.67. The van der Waals surface area contributed by atoms with E-state index in [0.717, 1.165) is 4.88 Å². The van der Waals surface area contributed by atoms with Crippen molar-refractivity contribution in [2.75, 3.05) is 7.05 Å². The van der Waals surface area contributed by atoms with Crippen molar-refractivity contribution in [3.05, 3.63) is 53.2 Å². The average molecular weight is 414 g/mol. The minimum Gasteiger partial charge on any atom is -0.481 e. The molecule has 0 aliphatic carbocycles. The van der Waals surface area contributed by atoms with Crippen molar-refractivity contribution in [2.24, 2.45) is 0 Å². The third-order valence-electron chi connectivity index (χ3n) is 4.60. The summed E-state index contributed by atoms with van der Waals surface area (Å²) in [5, 5.41) is 5.94. The van der Waals surface area contributed by atoms with Crippen LogP contribution >= 0.6 is 11.3 Å². The lowest BCUT2D eigenvalue weighted by Gasteiger charge is -2.23. The van der Waals surface area contributed by atoms with Gasteiger partial charge in [0.15, 0.2) is 6.10 Å². The van der Waals surface area contributed by atoms with Gasteiger partial charge in [-0.3, -0.25) is 4.79 Å². The number of nitrogens with zero attached hydrogens (tertiary/aromatic N) is 3. The summed E-state index contributed by atoms with van der Waals surface area (Å²) in [6.45, 7) is 8.66. The standard InChI is InChI=1S/C22H27N3O3S/c1-6-17(27-16-11-9-15(10-12-16)22(2,3)4)21(26)25(5)14-19-23-20(24-28-19)18-8-7-13-29-18/h7-13,17H,6,14H2,1-5H3. The Morgan fingerprint density at radius 2 is 1.97 bits per heavy atom. The van der Waals surface area contributed by atoms with Gasteiger partial charge in [0.05, 0.1) is 11.4 Å². The molecule has 0 saturated carbocycles. The molecule has 0 fully saturated rings. The molecule has 0 aliphatic heterocycles. The normalized spacial score (nSPS) is 12.6. The summed E-state index contributed by atoms with van der Waals surface area (Å²) < 4.78 is 11.3. The first-order valence-corrected chi connectivity index (χ1v) is 10.5. The number of amides is 1. The molecule has 3 aromatic rings. The largest absolute Gasteiger partial charge is 0.481 e. The Labute approximate surface area is 175 Å².